The topological polar surface area (TPSA) is 182 Å². The second-order valence-corrected chi connectivity index (χ2v) is 11.0. The molecule has 45 heavy (non-hydrogen) atoms. The molecule has 2 amide bonds. The van der Waals surface area contributed by atoms with Gasteiger partial charge >= 0.3 is 0 Å². The summed E-state index contributed by atoms with van der Waals surface area (Å²) in [6, 6.07) is 3.43. The number of rotatable bonds is 11. The van der Waals surface area contributed by atoms with Gasteiger partial charge in [-0.15, -0.1) is 0 Å². The smallest absolute Gasteiger partial charge is 0.239 e. The van der Waals surface area contributed by atoms with Crippen molar-refractivity contribution in [2.24, 2.45) is 11.7 Å². The Morgan fingerprint density at radius 2 is 1.60 bits per heavy atom. The van der Waals surface area contributed by atoms with E-state index in [9.17, 15) is 24.3 Å². The lowest BCUT2D eigenvalue weighted by molar-refractivity contribution is -0.127. The van der Waals surface area contributed by atoms with Gasteiger partial charge in [0.15, 0.2) is 28.8 Å². The lowest BCUT2D eigenvalue weighted by Crippen LogP contribution is -2.53. The van der Waals surface area contributed by atoms with Gasteiger partial charge in [0.25, 0.3) is 0 Å². The van der Waals surface area contributed by atoms with Gasteiger partial charge in [0.1, 0.15) is 28.1 Å². The van der Waals surface area contributed by atoms with Crippen molar-refractivity contribution in [2.45, 2.75) is 44.2 Å². The van der Waals surface area contributed by atoms with Crippen molar-refractivity contribution >= 4 is 35.0 Å². The van der Waals surface area contributed by atoms with Crippen molar-refractivity contribution in [3.8, 4) is 34.5 Å². The number of halogens is 1. The fourth-order valence-corrected chi connectivity index (χ4v) is 6.05. The minimum Gasteiger partial charge on any atom is -0.507 e. The molecule has 4 atom stereocenters. The van der Waals surface area contributed by atoms with Gasteiger partial charge in [-0.1, -0.05) is 18.5 Å². The Balaban J connectivity index is 1.98. The normalized spacial score (nSPS) is 20.2. The summed E-state index contributed by atoms with van der Waals surface area (Å²) in [5, 5.41) is 14.5. The molecule has 0 aromatic heterocycles. The van der Waals surface area contributed by atoms with Crippen molar-refractivity contribution in [1.82, 2.24) is 5.32 Å². The van der Waals surface area contributed by atoms with E-state index in [2.05, 4.69) is 5.32 Å². The minimum absolute atomic E-state index is 0.0297. The number of amides is 2. The first-order valence-corrected chi connectivity index (χ1v) is 14.2. The number of methoxy groups -OCH3 is 5. The van der Waals surface area contributed by atoms with Gasteiger partial charge < -0.3 is 44.6 Å². The van der Waals surface area contributed by atoms with Crippen LogP contribution in [0.5, 0.6) is 34.5 Å². The van der Waals surface area contributed by atoms with Crippen molar-refractivity contribution < 1.29 is 52.7 Å². The molecule has 1 aliphatic heterocycles. The summed E-state index contributed by atoms with van der Waals surface area (Å²) < 4.78 is 33.4. The van der Waals surface area contributed by atoms with Crippen LogP contribution in [0.3, 0.4) is 0 Å². The molecule has 0 fully saturated rings. The Labute approximate surface area is 264 Å². The molecule has 2 aromatic rings. The predicted molar refractivity (Wildman–Crippen MR) is 161 cm³/mol. The second-order valence-electron chi connectivity index (χ2n) is 10.7. The number of hydrogen-bond donors (Lipinski definition) is 3. The summed E-state index contributed by atoms with van der Waals surface area (Å²) in [4.78, 5) is 53.1. The number of Topliss-reactive ketones (excluding diaryl/α,β-unsaturated/α-hetero) is 2. The molecule has 0 bridgehead atoms. The van der Waals surface area contributed by atoms with Crippen LogP contribution in [0.4, 0.5) is 0 Å². The van der Waals surface area contributed by atoms with Gasteiger partial charge in [0, 0.05) is 36.3 Å². The number of allylic oxidation sites excluding steroid dienone is 1. The van der Waals surface area contributed by atoms with Gasteiger partial charge in [-0.2, -0.15) is 0 Å². The summed E-state index contributed by atoms with van der Waals surface area (Å²) in [5.41, 5.74) is 3.25. The van der Waals surface area contributed by atoms with Gasteiger partial charge in [0.2, 0.25) is 28.9 Å². The van der Waals surface area contributed by atoms with Crippen molar-refractivity contribution in [3.05, 3.63) is 45.7 Å². The maximum absolute atomic E-state index is 14.3. The summed E-state index contributed by atoms with van der Waals surface area (Å²) in [6.45, 7) is 2.99. The van der Waals surface area contributed by atoms with E-state index in [-0.39, 0.29) is 57.1 Å². The van der Waals surface area contributed by atoms with Gasteiger partial charge in [-0.25, -0.2) is 0 Å². The number of nitrogens with one attached hydrogen (secondary N) is 1. The Morgan fingerprint density at radius 3 is 2.11 bits per heavy atom. The van der Waals surface area contributed by atoms with Crippen LogP contribution in [0.15, 0.2) is 29.5 Å². The van der Waals surface area contributed by atoms with E-state index in [1.165, 1.54) is 60.7 Å². The number of primary amides is 1. The fraction of sp³-hybridized carbons (Fsp3) is 0.419. The van der Waals surface area contributed by atoms with Crippen molar-refractivity contribution in [1.29, 1.82) is 0 Å². The zero-order chi connectivity index (χ0) is 33.4. The molecule has 242 valence electrons. The molecule has 2 aromatic carbocycles. The molecular weight excluding hydrogens is 612 g/mol. The maximum atomic E-state index is 14.3. The Bertz CT molecular complexity index is 1580. The van der Waals surface area contributed by atoms with Gasteiger partial charge in [-0.3, -0.25) is 19.2 Å². The number of carbonyl (C=O) groups excluding carboxylic acids is 4. The van der Waals surface area contributed by atoms with Gasteiger partial charge in [-0.05, 0) is 24.6 Å². The number of aliphatic hydroxyl groups is 1. The van der Waals surface area contributed by atoms with E-state index in [4.69, 9.17) is 45.8 Å². The molecule has 13 nitrogen and oxygen atoms in total. The molecule has 4 rings (SSSR count). The molecule has 4 unspecified atom stereocenters. The quantitative estimate of drug-likeness (QED) is 0.326. The fourth-order valence-electron chi connectivity index (χ4n) is 5.78. The third-order valence-electron chi connectivity index (χ3n) is 8.14. The van der Waals surface area contributed by atoms with Crippen LogP contribution in [0, 0.1) is 5.92 Å². The average molecular weight is 647 g/mol. The van der Waals surface area contributed by atoms with Crippen LogP contribution in [0.1, 0.15) is 48.5 Å². The number of benzene rings is 2. The lowest BCUT2D eigenvalue weighted by atomic mass is 9.69. The number of hydrogen-bond acceptors (Lipinski definition) is 11. The maximum Gasteiger partial charge on any atom is 0.239 e. The zero-order valence-corrected chi connectivity index (χ0v) is 26.6. The molecule has 1 aliphatic carbocycles. The SMILES string of the molecule is COc1cc(OC)c2c(c1Cl)OC1(C2=O)C(O)=C(C(CC(=O)NC(C)C(N)=O)c2cc(OC)c(OC)c(OC)c2)C(=O)CC1C. The molecule has 14 heteroatoms. The predicted octanol–water partition coefficient (Wildman–Crippen LogP) is 3.28. The number of nitrogens with two attached hydrogens (primary N) is 1. The van der Waals surface area contributed by atoms with Crippen LogP contribution < -0.4 is 39.5 Å². The van der Waals surface area contributed by atoms with Crippen molar-refractivity contribution in [2.75, 3.05) is 35.5 Å². The Morgan fingerprint density at radius 1 is 1.02 bits per heavy atom. The molecular formula is C31H35ClN2O11. The summed E-state index contributed by atoms with van der Waals surface area (Å²) in [5.74, 6) is -4.60. The van der Waals surface area contributed by atoms with Crippen molar-refractivity contribution in [3.63, 3.8) is 0 Å². The second kappa shape index (κ2) is 12.8. The highest BCUT2D eigenvalue weighted by Gasteiger charge is 2.61. The molecule has 0 radical (unpaired) electrons. The van der Waals surface area contributed by atoms with Crippen LogP contribution >= 0.6 is 11.6 Å². The van der Waals surface area contributed by atoms with E-state index in [1.54, 1.807) is 6.92 Å². The molecule has 4 N–H and O–H groups in total. The Hall–Kier alpha value is -4.65. The summed E-state index contributed by atoms with van der Waals surface area (Å²) in [6.07, 6.45) is -0.693. The van der Waals surface area contributed by atoms with E-state index in [0.717, 1.165) is 0 Å². The number of fused-ring (bicyclic) bond motifs is 1. The Kier molecular flexibility index (Phi) is 9.43. The largest absolute Gasteiger partial charge is 0.507 e. The van der Waals surface area contributed by atoms with E-state index in [0.29, 0.717) is 5.56 Å². The zero-order valence-electron chi connectivity index (χ0n) is 25.9. The minimum atomic E-state index is -2.09. The van der Waals surface area contributed by atoms with Gasteiger partial charge in [0.05, 0.1) is 35.5 Å². The standard InChI is InChI=1S/C31H35ClN2O11/c1-13-8-17(35)23(28(37)31(13)29(38)24-18(40-3)12-19(41-4)25(32)27(24)45-31)16(11-22(36)34-14(2)30(33)39)15-9-20(42-5)26(44-7)21(10-15)43-6/h9-10,12-14,16,37H,8,11H2,1-7H3,(H2,33,39)(H,34,36). The molecule has 2 aliphatic rings. The number of carbonyl (C=O) groups is 4. The molecule has 0 saturated carbocycles. The van der Waals surface area contributed by atoms with E-state index in [1.807, 2.05) is 0 Å². The van der Waals surface area contributed by atoms with E-state index >= 15 is 0 Å². The summed E-state index contributed by atoms with van der Waals surface area (Å²) in [7, 11) is 6.93. The molecule has 1 spiro atoms. The van der Waals surface area contributed by atoms with Crippen LogP contribution in [-0.2, 0) is 14.4 Å². The first-order chi connectivity index (χ1) is 21.3. The first kappa shape index (κ1) is 33.2. The number of ketones is 2. The van der Waals surface area contributed by atoms with E-state index < -0.39 is 59.0 Å². The third kappa shape index (κ3) is 5.45. The third-order valence-corrected chi connectivity index (χ3v) is 8.50. The average Bonchev–Trinajstić information content (AvgIpc) is 3.33. The molecule has 1 heterocycles. The summed E-state index contributed by atoms with van der Waals surface area (Å²) >= 11 is 6.56. The molecule has 0 saturated heterocycles. The number of ether oxygens (including phenoxy) is 6. The highest BCUT2D eigenvalue weighted by atomic mass is 35.5. The number of aliphatic hydroxyl groups excluding tert-OH is 1. The van der Waals surface area contributed by atoms with Crippen LogP contribution in [0.25, 0.3) is 0 Å². The van der Waals surface area contributed by atoms with Crippen LogP contribution in [0.2, 0.25) is 5.02 Å². The highest BCUT2D eigenvalue weighted by molar-refractivity contribution is 6.35. The lowest BCUT2D eigenvalue weighted by Gasteiger charge is -2.38. The highest BCUT2D eigenvalue weighted by Crippen LogP contribution is 2.56. The first-order valence-electron chi connectivity index (χ1n) is 13.8. The van der Waals surface area contributed by atoms with Crippen LogP contribution in [-0.4, -0.2) is 75.7 Å². The monoisotopic (exact) mass is 646 g/mol.